The van der Waals surface area contributed by atoms with E-state index in [0.29, 0.717) is 11.5 Å². The summed E-state index contributed by atoms with van der Waals surface area (Å²) in [6, 6.07) is 63.2. The Balaban J connectivity index is 0.00000706. The summed E-state index contributed by atoms with van der Waals surface area (Å²) in [7, 11) is 0. The molecule has 0 saturated carbocycles. The molecule has 9 aromatic rings. The van der Waals surface area contributed by atoms with Gasteiger partial charge in [-0.2, -0.15) is 6.07 Å². The molecule has 5 nitrogen and oxygen atoms in total. The summed E-state index contributed by atoms with van der Waals surface area (Å²) in [6.45, 7) is 38.9. The number of anilines is 4. The Morgan fingerprint density at radius 1 is 0.421 bits per heavy atom. The van der Waals surface area contributed by atoms with Crippen molar-refractivity contribution in [2.24, 2.45) is 0 Å². The van der Waals surface area contributed by atoms with Crippen LogP contribution in [0.1, 0.15) is 155 Å². The molecule has 394 valence electrons. The van der Waals surface area contributed by atoms with Crippen LogP contribution in [0.5, 0.6) is 11.5 Å². The van der Waals surface area contributed by atoms with E-state index in [2.05, 4.69) is 296 Å². The molecule has 0 bridgehead atoms. The van der Waals surface area contributed by atoms with E-state index in [1.165, 1.54) is 38.9 Å². The van der Waals surface area contributed by atoms with Gasteiger partial charge in [0.1, 0.15) is 5.82 Å². The van der Waals surface area contributed by atoms with Crippen LogP contribution in [0.2, 0.25) is 0 Å². The predicted molar refractivity (Wildman–Crippen MR) is 316 cm³/mol. The third-order valence-electron chi connectivity index (χ3n) is 15.8. The van der Waals surface area contributed by atoms with Crippen LogP contribution in [0.4, 0.5) is 22.7 Å². The summed E-state index contributed by atoms with van der Waals surface area (Å²) in [4.78, 5) is 9.76. The van der Waals surface area contributed by atoms with Crippen molar-refractivity contribution in [3.8, 4) is 17.3 Å². The van der Waals surface area contributed by atoms with E-state index in [4.69, 9.17) is 9.72 Å². The maximum Gasteiger partial charge on any atom is 0.135 e. The Hall–Kier alpha value is -6.42. The molecule has 76 heavy (non-hydrogen) atoms. The average Bonchev–Trinajstić information content (AvgIpc) is 3.93. The van der Waals surface area contributed by atoms with E-state index in [9.17, 15) is 0 Å². The van der Waals surface area contributed by atoms with E-state index in [0.717, 1.165) is 55.9 Å². The normalized spacial score (nSPS) is 13.6. The smallest absolute Gasteiger partial charge is 0.135 e. The molecule has 6 heteroatoms. The zero-order valence-corrected chi connectivity index (χ0v) is 49.9. The van der Waals surface area contributed by atoms with E-state index < -0.39 is 5.41 Å². The first-order valence-electron chi connectivity index (χ1n) is 26.8. The van der Waals surface area contributed by atoms with Gasteiger partial charge in [0.2, 0.25) is 0 Å². The van der Waals surface area contributed by atoms with E-state index in [-0.39, 0.29) is 48.1 Å². The fraction of sp³-hybridized carbons (Fsp3) is 0.314. The molecular weight excluding hydrogens is 1110 g/mol. The van der Waals surface area contributed by atoms with Crippen LogP contribution in [0, 0.1) is 18.8 Å². The van der Waals surface area contributed by atoms with Crippen LogP contribution in [-0.4, -0.2) is 9.55 Å². The van der Waals surface area contributed by atoms with Gasteiger partial charge in [0, 0.05) is 66.8 Å². The minimum absolute atomic E-state index is 0. The minimum Gasteiger partial charge on any atom is -0.509 e. The summed E-state index contributed by atoms with van der Waals surface area (Å²) >= 11 is 0. The first-order chi connectivity index (χ1) is 35.2. The van der Waals surface area contributed by atoms with Crippen LogP contribution in [0.25, 0.3) is 27.6 Å². The fourth-order valence-electron chi connectivity index (χ4n) is 10.5. The minimum atomic E-state index is -0.392. The molecule has 0 unspecified atom stereocenters. The van der Waals surface area contributed by atoms with E-state index >= 15 is 0 Å². The number of aromatic nitrogens is 2. The maximum absolute atomic E-state index is 7.14. The summed E-state index contributed by atoms with van der Waals surface area (Å²) in [5, 5.41) is 2.24. The molecule has 0 radical (unpaired) electrons. The Bertz CT molecular complexity index is 3560. The van der Waals surface area contributed by atoms with Gasteiger partial charge in [-0.1, -0.05) is 201 Å². The second-order valence-electron chi connectivity index (χ2n) is 26.1. The van der Waals surface area contributed by atoms with Gasteiger partial charge in [0.15, 0.2) is 0 Å². The third kappa shape index (κ3) is 10.3. The van der Waals surface area contributed by atoms with Crippen molar-refractivity contribution in [3.63, 3.8) is 0 Å². The van der Waals surface area contributed by atoms with Crippen LogP contribution < -0.4 is 14.5 Å². The van der Waals surface area contributed by atoms with Gasteiger partial charge < -0.3 is 19.1 Å². The molecule has 0 atom stereocenters. The SMILES string of the molecule is CC(C)(C)c1cc(N2[CH-]N(c3[c-]c(Oc4[c-]c5c(cc4)c4cc(C(C)(C)C)ccc4n5-c4cc(C(C)(C)c5ccccc5)ccn4)cc(C(C)(C)c4ccccc4)c3)c3cc(C(C)(C)C)ccc32)cc(C(C)(C)C)c1.[Pt]. The van der Waals surface area contributed by atoms with Crippen LogP contribution in [0.3, 0.4) is 0 Å². The van der Waals surface area contributed by atoms with E-state index in [1.807, 2.05) is 6.20 Å². The average molecular weight is 1180 g/mol. The Kier molecular flexibility index (Phi) is 14.0. The van der Waals surface area contributed by atoms with Crippen molar-refractivity contribution in [1.82, 2.24) is 9.55 Å². The van der Waals surface area contributed by atoms with Crippen molar-refractivity contribution in [2.75, 3.05) is 9.80 Å². The molecule has 0 N–H and O–H groups in total. The number of rotatable bonds is 9. The number of fused-ring (bicyclic) bond motifs is 4. The molecule has 0 saturated heterocycles. The van der Waals surface area contributed by atoms with Gasteiger partial charge in [-0.05, 0) is 114 Å². The van der Waals surface area contributed by atoms with Crippen molar-refractivity contribution in [2.45, 2.75) is 143 Å². The molecule has 0 spiro atoms. The molecule has 7 aromatic carbocycles. The van der Waals surface area contributed by atoms with Gasteiger partial charge in [-0.3, -0.25) is 0 Å². The predicted octanol–water partition coefficient (Wildman–Crippen LogP) is 18.8. The van der Waals surface area contributed by atoms with Crippen molar-refractivity contribution >= 4 is 44.6 Å². The summed E-state index contributed by atoms with van der Waals surface area (Å²) in [5.41, 5.74) is 15.2. The first-order valence-corrected chi connectivity index (χ1v) is 26.8. The van der Waals surface area contributed by atoms with Gasteiger partial charge in [0.25, 0.3) is 0 Å². The van der Waals surface area contributed by atoms with Crippen LogP contribution >= 0.6 is 0 Å². The molecule has 0 fully saturated rings. The Labute approximate surface area is 468 Å². The first kappa shape index (κ1) is 54.4. The zero-order chi connectivity index (χ0) is 53.6. The number of hydrogen-bond donors (Lipinski definition) is 0. The monoisotopic (exact) mass is 1180 g/mol. The number of benzene rings is 7. The number of pyridine rings is 1. The molecule has 0 aliphatic carbocycles. The molecule has 3 heterocycles. The van der Waals surface area contributed by atoms with Gasteiger partial charge >= 0.3 is 0 Å². The standard InChI is InChI=1S/C70H75N4O.Pt/c1-65(2,3)48-27-31-60-59(40-48)58-30-29-56(44-62(58)74(60)64-42-50(33-34-71-64)69(13,14)46-23-19-17-20-24-46)75-57-39-53(70(15,16)47-25-21-18-22-26-47)38-55(43-57)73-45-72(61-32-28-49(41-63(61)73)66(4,5)6)54-36-51(67(7,8)9)35-52(37-54)68(10,11)12;/h17-42,45H,1-16H3;/q-3;. The van der Waals surface area contributed by atoms with E-state index in [1.54, 1.807) is 0 Å². The topological polar surface area (TPSA) is 33.5 Å². The maximum atomic E-state index is 7.14. The van der Waals surface area contributed by atoms with Crippen molar-refractivity contribution < 1.29 is 25.8 Å². The number of nitrogens with zero attached hydrogens (tertiary/aromatic N) is 4. The quantitative estimate of drug-likeness (QED) is 0.135. The number of hydrogen-bond acceptors (Lipinski definition) is 4. The fourth-order valence-corrected chi connectivity index (χ4v) is 10.5. The number of ether oxygens (including phenoxy) is 1. The van der Waals surface area contributed by atoms with Crippen molar-refractivity contribution in [3.05, 3.63) is 221 Å². The summed E-state index contributed by atoms with van der Waals surface area (Å²) in [6.07, 6.45) is 1.94. The van der Waals surface area contributed by atoms with Crippen molar-refractivity contribution in [1.29, 1.82) is 0 Å². The third-order valence-corrected chi connectivity index (χ3v) is 15.8. The molecule has 2 aromatic heterocycles. The second-order valence-corrected chi connectivity index (χ2v) is 26.1. The Morgan fingerprint density at radius 3 is 1.58 bits per heavy atom. The summed E-state index contributed by atoms with van der Waals surface area (Å²) < 4.78 is 9.40. The van der Waals surface area contributed by atoms with Crippen LogP contribution in [0.15, 0.2) is 158 Å². The van der Waals surface area contributed by atoms with Gasteiger partial charge in [-0.25, -0.2) is 4.98 Å². The molecular formula is C70H75N4OPt-3. The van der Waals surface area contributed by atoms with Gasteiger partial charge in [0.05, 0.1) is 0 Å². The Morgan fingerprint density at radius 2 is 0.987 bits per heavy atom. The molecule has 10 rings (SSSR count). The van der Waals surface area contributed by atoms with Gasteiger partial charge in [-0.15, -0.1) is 53.6 Å². The molecule has 1 aliphatic heterocycles. The molecule has 0 amide bonds. The summed E-state index contributed by atoms with van der Waals surface area (Å²) in [5.74, 6) is 2.03. The van der Waals surface area contributed by atoms with Crippen LogP contribution in [-0.2, 0) is 53.6 Å². The second kappa shape index (κ2) is 19.5. The zero-order valence-electron chi connectivity index (χ0n) is 47.6. The largest absolute Gasteiger partial charge is 0.509 e. The molecule has 1 aliphatic rings.